The average molecular weight is 359 g/mol. The highest BCUT2D eigenvalue weighted by Gasteiger charge is 2.22. The maximum absolute atomic E-state index is 6.32. The Morgan fingerprint density at radius 2 is 1.88 bits per heavy atom. The third-order valence-electron chi connectivity index (χ3n) is 3.83. The molecule has 3 rings (SSSR count). The van der Waals surface area contributed by atoms with Gasteiger partial charge in [0.15, 0.2) is 11.5 Å². The molecule has 0 atom stereocenters. The van der Waals surface area contributed by atoms with Crippen molar-refractivity contribution in [2.75, 3.05) is 25.0 Å². The van der Waals surface area contributed by atoms with E-state index >= 15 is 0 Å². The molecule has 0 amide bonds. The fraction of sp³-hybridized carbons (Fsp3) is 0.167. The topological polar surface area (TPSA) is 65.5 Å². The first-order valence-corrected chi connectivity index (χ1v) is 8.03. The molecule has 25 heavy (non-hydrogen) atoms. The van der Waals surface area contributed by atoms with Crippen LogP contribution in [0, 0.1) is 0 Å². The number of aromatic nitrogens is 2. The number of rotatable bonds is 6. The summed E-state index contributed by atoms with van der Waals surface area (Å²) in [5.41, 5.74) is 8.22. The number of benzene rings is 2. The summed E-state index contributed by atoms with van der Waals surface area (Å²) in [5, 5.41) is 2.38. The summed E-state index contributed by atoms with van der Waals surface area (Å²) in [4.78, 5) is 4.14. The van der Waals surface area contributed by atoms with Gasteiger partial charge in [0.2, 0.25) is 0 Å². The average Bonchev–Trinajstić information content (AvgIpc) is 3.17. The molecule has 0 aliphatic heterocycles. The van der Waals surface area contributed by atoms with Crippen LogP contribution in [0.2, 0.25) is 5.02 Å². The number of halogens is 1. The van der Waals surface area contributed by atoms with E-state index in [4.69, 9.17) is 26.8 Å². The summed E-state index contributed by atoms with van der Waals surface area (Å²) in [6, 6.07) is 11.8. The molecular weight excluding hydrogens is 340 g/mol. The van der Waals surface area contributed by atoms with E-state index in [1.54, 1.807) is 25.7 Å². The molecule has 2 aromatic carbocycles. The fourth-order valence-electron chi connectivity index (χ4n) is 2.64. The van der Waals surface area contributed by atoms with Crippen LogP contribution >= 0.6 is 11.6 Å². The highest BCUT2D eigenvalue weighted by Crippen LogP contribution is 2.46. The van der Waals surface area contributed by atoms with Crippen LogP contribution in [-0.4, -0.2) is 23.9 Å². The van der Waals surface area contributed by atoms with Crippen molar-refractivity contribution in [2.45, 2.75) is 6.54 Å². The van der Waals surface area contributed by atoms with E-state index in [-0.39, 0.29) is 0 Å². The molecule has 0 bridgehead atoms. The first-order valence-electron chi connectivity index (χ1n) is 7.65. The summed E-state index contributed by atoms with van der Waals surface area (Å²) in [6.45, 7) is 0.580. The highest BCUT2D eigenvalue weighted by molar-refractivity contribution is 6.34. The van der Waals surface area contributed by atoms with E-state index in [0.29, 0.717) is 28.8 Å². The van der Waals surface area contributed by atoms with Crippen LogP contribution in [0.3, 0.4) is 0 Å². The van der Waals surface area contributed by atoms with Gasteiger partial charge < -0.3 is 15.2 Å². The van der Waals surface area contributed by atoms with Gasteiger partial charge in [0.1, 0.15) is 12.0 Å². The second-order valence-corrected chi connectivity index (χ2v) is 5.75. The van der Waals surface area contributed by atoms with Crippen LogP contribution in [0.25, 0.3) is 0 Å². The van der Waals surface area contributed by atoms with Gasteiger partial charge in [-0.1, -0.05) is 41.9 Å². The zero-order chi connectivity index (χ0) is 17.8. The fourth-order valence-corrected chi connectivity index (χ4v) is 2.83. The number of nitrogen functional groups attached to an aromatic ring is 1. The maximum atomic E-state index is 6.32. The zero-order valence-electron chi connectivity index (χ0n) is 14.0. The van der Waals surface area contributed by atoms with Gasteiger partial charge in [-0.15, -0.1) is 0 Å². The molecule has 0 radical (unpaired) electrons. The number of methoxy groups -OCH3 is 2. The minimum absolute atomic E-state index is 0.343. The smallest absolute Gasteiger partial charge is 0.188 e. The number of hydrogen-bond donors (Lipinski definition) is 1. The van der Waals surface area contributed by atoms with Gasteiger partial charge in [-0.25, -0.2) is 9.66 Å². The molecule has 2 N–H and O–H groups in total. The third-order valence-corrected chi connectivity index (χ3v) is 4.15. The molecular formula is C18H19ClN4O2. The van der Waals surface area contributed by atoms with Gasteiger partial charge in [0.05, 0.1) is 31.5 Å². The summed E-state index contributed by atoms with van der Waals surface area (Å²) in [6.07, 6.45) is 5.26. The van der Waals surface area contributed by atoms with Gasteiger partial charge in [-0.2, -0.15) is 0 Å². The Bertz CT molecular complexity index is 838. The lowest BCUT2D eigenvalue weighted by atomic mass is 10.2. The van der Waals surface area contributed by atoms with Crippen LogP contribution in [0.1, 0.15) is 5.56 Å². The Morgan fingerprint density at radius 1 is 1.16 bits per heavy atom. The molecule has 0 fully saturated rings. The standard InChI is InChI=1S/C18H19ClN4O2/c1-24-17-15(10-14(19)16(20)18(17)25-2)23(22-9-8-21-12-22)11-13-6-4-3-5-7-13/h3-10,12H,11,20H2,1-2H3. The quantitative estimate of drug-likeness (QED) is 0.682. The van der Waals surface area contributed by atoms with E-state index < -0.39 is 0 Å². The highest BCUT2D eigenvalue weighted by atomic mass is 35.5. The SMILES string of the molecule is COc1c(N(Cc2ccccc2)n2ccnc2)cc(Cl)c(N)c1OC. The molecule has 0 aliphatic rings. The van der Waals surface area contributed by atoms with Crippen LogP contribution in [0.5, 0.6) is 11.5 Å². The lowest BCUT2D eigenvalue weighted by Crippen LogP contribution is -2.28. The van der Waals surface area contributed by atoms with Gasteiger partial charge in [-0.05, 0) is 11.6 Å². The molecule has 1 heterocycles. The molecule has 0 aliphatic carbocycles. The summed E-state index contributed by atoms with van der Waals surface area (Å²) in [5.74, 6) is 0.914. The minimum atomic E-state index is 0.343. The lowest BCUT2D eigenvalue weighted by Gasteiger charge is -2.28. The largest absolute Gasteiger partial charge is 0.491 e. The molecule has 7 heteroatoms. The number of ether oxygens (including phenoxy) is 2. The molecule has 0 spiro atoms. The van der Waals surface area contributed by atoms with Crippen molar-refractivity contribution in [3.05, 3.63) is 65.7 Å². The van der Waals surface area contributed by atoms with Crippen molar-refractivity contribution in [2.24, 2.45) is 0 Å². The van der Waals surface area contributed by atoms with Crippen molar-refractivity contribution in [1.29, 1.82) is 0 Å². The molecule has 3 aromatic rings. The molecule has 0 saturated heterocycles. The van der Waals surface area contributed by atoms with Crippen molar-refractivity contribution in [3.8, 4) is 11.5 Å². The van der Waals surface area contributed by atoms with E-state index in [2.05, 4.69) is 4.98 Å². The molecule has 1 aromatic heterocycles. The van der Waals surface area contributed by atoms with Crippen molar-refractivity contribution >= 4 is 23.0 Å². The number of nitrogens with two attached hydrogens (primary N) is 1. The second kappa shape index (κ2) is 7.36. The van der Waals surface area contributed by atoms with E-state index in [1.165, 1.54) is 7.11 Å². The summed E-state index contributed by atoms with van der Waals surface area (Å²) < 4.78 is 12.9. The number of anilines is 2. The minimum Gasteiger partial charge on any atom is -0.491 e. The van der Waals surface area contributed by atoms with E-state index in [0.717, 1.165) is 11.3 Å². The number of hydrogen-bond acceptors (Lipinski definition) is 5. The monoisotopic (exact) mass is 358 g/mol. The molecule has 0 saturated carbocycles. The van der Waals surface area contributed by atoms with Crippen molar-refractivity contribution < 1.29 is 9.47 Å². The molecule has 130 valence electrons. The molecule has 0 unspecified atom stereocenters. The maximum Gasteiger partial charge on any atom is 0.188 e. The van der Waals surface area contributed by atoms with Crippen LogP contribution in [-0.2, 0) is 6.54 Å². The lowest BCUT2D eigenvalue weighted by molar-refractivity contribution is 0.355. The van der Waals surface area contributed by atoms with Crippen molar-refractivity contribution in [1.82, 2.24) is 9.66 Å². The van der Waals surface area contributed by atoms with E-state index in [1.807, 2.05) is 46.2 Å². The second-order valence-electron chi connectivity index (χ2n) is 5.34. The van der Waals surface area contributed by atoms with E-state index in [9.17, 15) is 0 Å². The Hall–Kier alpha value is -2.86. The van der Waals surface area contributed by atoms with Gasteiger partial charge in [-0.3, -0.25) is 5.01 Å². The Balaban J connectivity index is 2.15. The zero-order valence-corrected chi connectivity index (χ0v) is 14.8. The number of nitrogens with zero attached hydrogens (tertiary/aromatic N) is 3. The van der Waals surface area contributed by atoms with Gasteiger partial charge >= 0.3 is 0 Å². The van der Waals surface area contributed by atoms with Crippen LogP contribution < -0.4 is 20.2 Å². The summed E-state index contributed by atoms with van der Waals surface area (Å²) in [7, 11) is 3.11. The first kappa shape index (κ1) is 17.0. The van der Waals surface area contributed by atoms with Crippen LogP contribution in [0.15, 0.2) is 55.1 Å². The number of imidazole rings is 1. The predicted molar refractivity (Wildman–Crippen MR) is 99.2 cm³/mol. The Morgan fingerprint density at radius 3 is 2.48 bits per heavy atom. The predicted octanol–water partition coefficient (Wildman–Crippen LogP) is 3.61. The van der Waals surface area contributed by atoms with Gasteiger partial charge in [0, 0.05) is 12.4 Å². The Kier molecular flexibility index (Phi) is 5.00. The molecule has 6 nitrogen and oxygen atoms in total. The van der Waals surface area contributed by atoms with Crippen molar-refractivity contribution in [3.63, 3.8) is 0 Å². The van der Waals surface area contributed by atoms with Crippen LogP contribution in [0.4, 0.5) is 11.4 Å². The summed E-state index contributed by atoms with van der Waals surface area (Å²) >= 11 is 6.32. The normalized spacial score (nSPS) is 10.5. The van der Waals surface area contributed by atoms with Gasteiger partial charge in [0.25, 0.3) is 0 Å². The Labute approximate surface area is 151 Å². The first-order chi connectivity index (χ1) is 12.2. The third kappa shape index (κ3) is 3.34.